The van der Waals surface area contributed by atoms with Crippen LogP contribution in [0.1, 0.15) is 22.3 Å². The van der Waals surface area contributed by atoms with E-state index >= 15 is 0 Å². The highest BCUT2D eigenvalue weighted by molar-refractivity contribution is 7.99. The molecule has 0 fully saturated rings. The Bertz CT molecular complexity index is 2620. The van der Waals surface area contributed by atoms with Crippen molar-refractivity contribution >= 4 is 33.3 Å². The van der Waals surface area contributed by atoms with E-state index in [0.717, 1.165) is 0 Å². The van der Waals surface area contributed by atoms with Crippen LogP contribution in [0.3, 0.4) is 0 Å². The molecule has 1 atom stereocenters. The number of fused-ring (bicyclic) bond motifs is 14. The van der Waals surface area contributed by atoms with Crippen molar-refractivity contribution in [2.45, 2.75) is 15.2 Å². The Morgan fingerprint density at radius 2 is 1.04 bits per heavy atom. The summed E-state index contributed by atoms with van der Waals surface area (Å²) in [5.41, 5.74) is 15.8. The molecule has 0 radical (unpaired) electrons. The van der Waals surface area contributed by atoms with Gasteiger partial charge in [-0.1, -0.05) is 157 Å². The maximum Gasteiger partial charge on any atom is 0.0731 e. The lowest BCUT2D eigenvalue weighted by atomic mass is 9.69. The first kappa shape index (κ1) is 24.9. The van der Waals surface area contributed by atoms with Gasteiger partial charge in [0.25, 0.3) is 0 Å². The molecule has 1 unspecified atom stereocenters. The summed E-state index contributed by atoms with van der Waals surface area (Å²) >= 11 is 1.90. The molecule has 0 bridgehead atoms. The Balaban J connectivity index is 1.21. The zero-order valence-electron chi connectivity index (χ0n) is 24.9. The molecular formula is C45H26S. The van der Waals surface area contributed by atoms with Gasteiger partial charge >= 0.3 is 0 Å². The summed E-state index contributed by atoms with van der Waals surface area (Å²) in [6.45, 7) is 0. The summed E-state index contributed by atoms with van der Waals surface area (Å²) < 4.78 is 0. The predicted molar refractivity (Wildman–Crippen MR) is 193 cm³/mol. The maximum absolute atomic E-state index is 2.43. The van der Waals surface area contributed by atoms with Crippen molar-refractivity contribution < 1.29 is 0 Å². The minimum absolute atomic E-state index is 0.383. The monoisotopic (exact) mass is 598 g/mol. The molecule has 8 aromatic carbocycles. The van der Waals surface area contributed by atoms with Gasteiger partial charge in [0.05, 0.1) is 5.41 Å². The number of rotatable bonds is 1. The molecule has 1 heteroatoms. The van der Waals surface area contributed by atoms with E-state index in [0.29, 0.717) is 0 Å². The zero-order valence-corrected chi connectivity index (χ0v) is 25.7. The molecule has 0 nitrogen and oxygen atoms in total. The molecule has 3 aliphatic rings. The van der Waals surface area contributed by atoms with Gasteiger partial charge in [0.15, 0.2) is 0 Å². The SMILES string of the molecule is c1ccc2c(c1)-c1ccc3ccccc3c1C21c2ccccc2-c2c(-c3ccc4c(c3)Sc3cccc5cccc-4c35)cccc21. The van der Waals surface area contributed by atoms with Gasteiger partial charge in [-0.3, -0.25) is 0 Å². The van der Waals surface area contributed by atoms with E-state index in [1.54, 1.807) is 0 Å². The van der Waals surface area contributed by atoms with Gasteiger partial charge in [-0.25, -0.2) is 0 Å². The van der Waals surface area contributed by atoms with Crippen molar-refractivity contribution in [1.82, 2.24) is 0 Å². The van der Waals surface area contributed by atoms with Gasteiger partial charge in [-0.05, 0) is 95.1 Å². The Morgan fingerprint density at radius 1 is 0.391 bits per heavy atom. The van der Waals surface area contributed by atoms with Crippen molar-refractivity contribution in [3.8, 4) is 44.5 Å². The summed E-state index contributed by atoms with van der Waals surface area (Å²) in [6, 6.07) is 59.4. The molecule has 0 N–H and O–H groups in total. The van der Waals surface area contributed by atoms with Crippen LogP contribution in [0.5, 0.6) is 0 Å². The normalized spacial score (nSPS) is 16.3. The van der Waals surface area contributed by atoms with Crippen LogP contribution in [0.2, 0.25) is 0 Å². The summed E-state index contributed by atoms with van der Waals surface area (Å²) in [5, 5.41) is 5.31. The Hall–Kier alpha value is -5.37. The summed E-state index contributed by atoms with van der Waals surface area (Å²) in [5.74, 6) is 0. The lowest BCUT2D eigenvalue weighted by molar-refractivity contribution is 0.801. The minimum atomic E-state index is -0.383. The van der Waals surface area contributed by atoms with Crippen molar-refractivity contribution in [1.29, 1.82) is 0 Å². The van der Waals surface area contributed by atoms with Crippen LogP contribution in [-0.2, 0) is 5.41 Å². The molecular weight excluding hydrogens is 573 g/mol. The molecule has 0 aromatic heterocycles. The molecule has 2 aliphatic carbocycles. The first-order valence-electron chi connectivity index (χ1n) is 16.0. The molecule has 8 aromatic rings. The zero-order chi connectivity index (χ0) is 30.0. The second-order valence-electron chi connectivity index (χ2n) is 12.8. The highest BCUT2D eigenvalue weighted by atomic mass is 32.2. The third kappa shape index (κ3) is 2.97. The molecule has 0 saturated carbocycles. The third-order valence-corrected chi connectivity index (χ3v) is 11.8. The molecule has 1 aliphatic heterocycles. The van der Waals surface area contributed by atoms with E-state index in [4.69, 9.17) is 0 Å². The summed E-state index contributed by atoms with van der Waals surface area (Å²) in [7, 11) is 0. The fourth-order valence-corrected chi connectivity index (χ4v) is 10.1. The molecule has 46 heavy (non-hydrogen) atoms. The molecule has 11 rings (SSSR count). The van der Waals surface area contributed by atoms with Crippen molar-refractivity contribution in [2.24, 2.45) is 0 Å². The van der Waals surface area contributed by atoms with Crippen LogP contribution in [0, 0.1) is 0 Å². The maximum atomic E-state index is 2.43. The van der Waals surface area contributed by atoms with Gasteiger partial charge < -0.3 is 0 Å². The highest BCUT2D eigenvalue weighted by Gasteiger charge is 2.52. The Morgan fingerprint density at radius 3 is 1.96 bits per heavy atom. The third-order valence-electron chi connectivity index (χ3n) is 10.7. The smallest absolute Gasteiger partial charge is 0.0731 e. The molecule has 0 amide bonds. The lowest BCUT2D eigenvalue weighted by Gasteiger charge is -2.31. The Kier molecular flexibility index (Phi) is 4.80. The van der Waals surface area contributed by atoms with E-state index in [1.165, 1.54) is 98.1 Å². The van der Waals surface area contributed by atoms with Gasteiger partial charge in [0, 0.05) is 15.2 Å². The van der Waals surface area contributed by atoms with Crippen LogP contribution in [0.25, 0.3) is 66.1 Å². The fourth-order valence-electron chi connectivity index (χ4n) is 8.94. The second kappa shape index (κ2) is 8.88. The fraction of sp³-hybridized carbons (Fsp3) is 0.0222. The molecule has 1 spiro atoms. The van der Waals surface area contributed by atoms with E-state index in [1.807, 2.05) is 11.8 Å². The van der Waals surface area contributed by atoms with E-state index < -0.39 is 0 Å². The van der Waals surface area contributed by atoms with Crippen LogP contribution in [-0.4, -0.2) is 0 Å². The molecule has 1 heterocycles. The molecule has 0 saturated heterocycles. The summed E-state index contributed by atoms with van der Waals surface area (Å²) in [6.07, 6.45) is 0. The van der Waals surface area contributed by atoms with Crippen molar-refractivity contribution in [3.63, 3.8) is 0 Å². The van der Waals surface area contributed by atoms with Crippen molar-refractivity contribution in [2.75, 3.05) is 0 Å². The largest absolute Gasteiger partial charge is 0.0888 e. The average Bonchev–Trinajstić information content (AvgIpc) is 3.59. The highest BCUT2D eigenvalue weighted by Crippen LogP contribution is 2.65. The molecule has 212 valence electrons. The number of hydrogen-bond donors (Lipinski definition) is 0. The van der Waals surface area contributed by atoms with Gasteiger partial charge in [0.2, 0.25) is 0 Å². The van der Waals surface area contributed by atoms with E-state index in [2.05, 4.69) is 158 Å². The topological polar surface area (TPSA) is 0 Å². The van der Waals surface area contributed by atoms with Crippen LogP contribution in [0.4, 0.5) is 0 Å². The second-order valence-corrected chi connectivity index (χ2v) is 13.8. The van der Waals surface area contributed by atoms with E-state index in [9.17, 15) is 0 Å². The van der Waals surface area contributed by atoms with Crippen LogP contribution < -0.4 is 0 Å². The van der Waals surface area contributed by atoms with Crippen LogP contribution in [0.15, 0.2) is 168 Å². The van der Waals surface area contributed by atoms with Gasteiger partial charge in [0.1, 0.15) is 0 Å². The standard InChI is InChI=1S/C45H26S/c1-2-13-31-27(10-1)22-25-35-32-14-3-5-18-37(32)45(44(31)35)38-19-6-4-15-36(38)43-30(16-9-20-39(43)45)29-23-24-33-34-17-7-11-28-12-8-21-40(42(28)34)46-41(33)26-29/h1-26H. The van der Waals surface area contributed by atoms with E-state index in [-0.39, 0.29) is 5.41 Å². The van der Waals surface area contributed by atoms with Gasteiger partial charge in [-0.15, -0.1) is 0 Å². The average molecular weight is 599 g/mol. The summed E-state index contributed by atoms with van der Waals surface area (Å²) in [4.78, 5) is 2.66. The number of hydrogen-bond acceptors (Lipinski definition) is 1. The predicted octanol–water partition coefficient (Wildman–Crippen LogP) is 12.1. The Labute approximate surface area is 272 Å². The van der Waals surface area contributed by atoms with Crippen molar-refractivity contribution in [3.05, 3.63) is 180 Å². The first-order chi connectivity index (χ1) is 22.8. The minimum Gasteiger partial charge on any atom is -0.0888 e. The quantitative estimate of drug-likeness (QED) is 0.181. The number of benzene rings is 8. The van der Waals surface area contributed by atoms with Crippen LogP contribution >= 0.6 is 11.8 Å². The van der Waals surface area contributed by atoms with Gasteiger partial charge in [-0.2, -0.15) is 0 Å². The first-order valence-corrected chi connectivity index (χ1v) is 16.8. The lowest BCUT2D eigenvalue weighted by Crippen LogP contribution is -2.26.